The summed E-state index contributed by atoms with van der Waals surface area (Å²) in [6, 6.07) is 0. The zero-order valence-electron chi connectivity index (χ0n) is 7.04. The molecule has 0 saturated heterocycles. The molecule has 0 aliphatic carbocycles. The maximum atomic E-state index is 10.3. The molecule has 0 aromatic rings. The highest BCUT2D eigenvalue weighted by Crippen LogP contribution is 1.91. The average Bonchev–Trinajstić information content (AvgIpc) is 1.99. The molecule has 3 N–H and O–H groups in total. The molecule has 0 spiro atoms. The topological polar surface area (TPSA) is 154 Å². The lowest BCUT2D eigenvalue weighted by Gasteiger charge is -2.00. The Hall–Kier alpha value is -2.26. The van der Waals surface area contributed by atoms with Gasteiger partial charge in [0.2, 0.25) is 5.91 Å². The highest BCUT2D eigenvalue weighted by molar-refractivity contribution is 5.84. The third-order valence-corrected chi connectivity index (χ3v) is 1.01. The first kappa shape index (κ1) is 11.7. The van der Waals surface area contributed by atoms with Crippen LogP contribution in [0.25, 0.3) is 0 Å². The quantitative estimate of drug-likeness (QED) is 0.183. The van der Waals surface area contributed by atoms with E-state index in [4.69, 9.17) is 5.73 Å². The van der Waals surface area contributed by atoms with Crippen molar-refractivity contribution in [1.29, 1.82) is 0 Å². The maximum absolute atomic E-state index is 10.3. The van der Waals surface area contributed by atoms with Gasteiger partial charge in [-0.25, -0.2) is 5.43 Å². The average molecular weight is 205 g/mol. The molecule has 78 valence electrons. The Kier molecular flexibility index (Phi) is 3.93. The van der Waals surface area contributed by atoms with Crippen molar-refractivity contribution in [2.24, 2.45) is 10.8 Å². The van der Waals surface area contributed by atoms with Crippen LogP contribution >= 0.6 is 0 Å². The number of carbonyl (C=O) groups is 1. The number of hydrogen-bond donors (Lipinski definition) is 2. The van der Waals surface area contributed by atoms with E-state index in [1.165, 1.54) is 0 Å². The highest BCUT2D eigenvalue weighted by atomic mass is 16.7. The zero-order chi connectivity index (χ0) is 11.3. The fraction of sp³-hybridized carbons (Fsp3) is 0.500. The number of nitrogens with two attached hydrogens (primary N) is 1. The Balaban J connectivity index is 4.68. The fourth-order valence-corrected chi connectivity index (χ4v) is 0.494. The molecule has 0 heterocycles. The predicted octanol–water partition coefficient (Wildman–Crippen LogP) is -1.73. The molecule has 0 aliphatic rings. The summed E-state index contributed by atoms with van der Waals surface area (Å²) in [5, 5.41) is 23.2. The Morgan fingerprint density at radius 1 is 1.43 bits per heavy atom. The Morgan fingerprint density at radius 3 is 2.14 bits per heavy atom. The number of rotatable bonds is 4. The number of carbonyl (C=O) groups excluding carboxylic acids is 1. The molecule has 0 bridgehead atoms. The second-order valence-corrected chi connectivity index (χ2v) is 2.15. The molecule has 10 heteroatoms. The first-order chi connectivity index (χ1) is 6.36. The van der Waals surface area contributed by atoms with Gasteiger partial charge >= 0.3 is 6.17 Å². The van der Waals surface area contributed by atoms with Crippen LogP contribution in [0.4, 0.5) is 0 Å². The normalized spacial score (nSPS) is 11.1. The Bertz CT molecular complexity index is 284. The van der Waals surface area contributed by atoms with Gasteiger partial charge in [0.1, 0.15) is 9.85 Å². The lowest BCUT2D eigenvalue weighted by molar-refractivity contribution is -0.719. The molecule has 0 fully saturated rings. The largest absolute Gasteiger partial charge is 0.508 e. The van der Waals surface area contributed by atoms with E-state index in [0.717, 1.165) is 6.92 Å². The van der Waals surface area contributed by atoms with E-state index < -0.39 is 27.8 Å². The molecule has 0 unspecified atom stereocenters. The van der Waals surface area contributed by atoms with Crippen molar-refractivity contribution in [3.63, 3.8) is 0 Å². The molecule has 0 radical (unpaired) electrons. The van der Waals surface area contributed by atoms with Gasteiger partial charge in [0, 0.05) is 6.92 Å². The highest BCUT2D eigenvalue weighted by Gasteiger charge is 2.37. The molecule has 10 nitrogen and oxygen atoms in total. The molecule has 0 saturated carbocycles. The minimum atomic E-state index is -2.35. The van der Waals surface area contributed by atoms with E-state index in [2.05, 4.69) is 5.10 Å². The van der Waals surface area contributed by atoms with Crippen LogP contribution in [0.15, 0.2) is 5.10 Å². The zero-order valence-corrected chi connectivity index (χ0v) is 7.04. The summed E-state index contributed by atoms with van der Waals surface area (Å²) in [5.74, 6) is -1.53. The molecule has 0 aromatic heterocycles. The molecule has 14 heavy (non-hydrogen) atoms. The van der Waals surface area contributed by atoms with Crippen molar-refractivity contribution in [3.05, 3.63) is 20.2 Å². The van der Waals surface area contributed by atoms with Crippen LogP contribution in [0.2, 0.25) is 0 Å². The number of hydrogen-bond acceptors (Lipinski definition) is 6. The molecule has 0 atom stereocenters. The maximum Gasteiger partial charge on any atom is 0.508 e. The molecule has 0 aliphatic heterocycles. The van der Waals surface area contributed by atoms with Gasteiger partial charge in [0.15, 0.2) is 0 Å². The monoisotopic (exact) mass is 205 g/mol. The van der Waals surface area contributed by atoms with E-state index >= 15 is 0 Å². The lowest BCUT2D eigenvalue weighted by Crippen LogP contribution is -2.43. The second kappa shape index (κ2) is 4.69. The van der Waals surface area contributed by atoms with Crippen LogP contribution in [-0.2, 0) is 4.79 Å². The van der Waals surface area contributed by atoms with E-state index in [0.29, 0.717) is 0 Å². The van der Waals surface area contributed by atoms with Gasteiger partial charge in [-0.3, -0.25) is 25.0 Å². The Labute approximate surface area is 77.1 Å². The number of hydrazone groups is 1. The number of nitrogens with zero attached hydrogens (tertiary/aromatic N) is 3. The first-order valence-corrected chi connectivity index (χ1v) is 3.23. The summed E-state index contributed by atoms with van der Waals surface area (Å²) in [7, 11) is 0. The van der Waals surface area contributed by atoms with Crippen LogP contribution in [0.3, 0.4) is 0 Å². The molecular weight excluding hydrogens is 198 g/mol. The van der Waals surface area contributed by atoms with E-state index in [1.54, 1.807) is 5.43 Å². The van der Waals surface area contributed by atoms with Crippen LogP contribution in [0, 0.1) is 20.2 Å². The first-order valence-electron chi connectivity index (χ1n) is 3.23. The predicted molar refractivity (Wildman–Crippen MR) is 43.2 cm³/mol. The number of nitrogens with one attached hydrogen (secondary N) is 1. The van der Waals surface area contributed by atoms with E-state index in [9.17, 15) is 25.0 Å². The van der Waals surface area contributed by atoms with Crippen LogP contribution < -0.4 is 11.2 Å². The smallest absolute Gasteiger partial charge is 0.374 e. The third-order valence-electron chi connectivity index (χ3n) is 1.01. The van der Waals surface area contributed by atoms with Crippen molar-refractivity contribution in [2.45, 2.75) is 13.1 Å². The third kappa shape index (κ3) is 3.42. The van der Waals surface area contributed by atoms with Gasteiger partial charge in [-0.05, 0) is 0 Å². The van der Waals surface area contributed by atoms with Gasteiger partial charge in [-0.15, -0.1) is 5.10 Å². The van der Waals surface area contributed by atoms with Crippen molar-refractivity contribution < 1.29 is 14.6 Å². The molecule has 1 amide bonds. The van der Waals surface area contributed by atoms with Gasteiger partial charge in [0.25, 0.3) is 5.84 Å². The van der Waals surface area contributed by atoms with Crippen molar-refractivity contribution in [1.82, 2.24) is 5.43 Å². The lowest BCUT2D eigenvalue weighted by atomic mass is 10.5. The SMILES string of the molecule is CC(=O)N/N=C(/N)C([N+](=O)[O-])[N+](=O)[O-]. The minimum Gasteiger partial charge on any atom is -0.374 e. The number of nitro groups is 2. The van der Waals surface area contributed by atoms with Gasteiger partial charge < -0.3 is 5.73 Å². The summed E-state index contributed by atoms with van der Waals surface area (Å²) in [6.07, 6.45) is -2.35. The second-order valence-electron chi connectivity index (χ2n) is 2.15. The Morgan fingerprint density at radius 2 is 1.86 bits per heavy atom. The van der Waals surface area contributed by atoms with Crippen molar-refractivity contribution in [2.75, 3.05) is 0 Å². The minimum absolute atomic E-state index is 0.640. The van der Waals surface area contributed by atoms with Gasteiger partial charge in [0.05, 0.1) is 0 Å². The molecular formula is C4H7N5O5. The molecule has 0 aromatic carbocycles. The standard InChI is InChI=1S/C4H7N5O5/c1-2(10)6-7-3(5)4(8(11)12)9(13)14/h4H,1H3,(H2,5,7)(H,6,10). The molecule has 0 rings (SSSR count). The summed E-state index contributed by atoms with van der Waals surface area (Å²) in [6.45, 7) is 1.07. The van der Waals surface area contributed by atoms with Crippen LogP contribution in [0.5, 0.6) is 0 Å². The van der Waals surface area contributed by atoms with Crippen LogP contribution in [-0.4, -0.2) is 27.8 Å². The summed E-state index contributed by atoms with van der Waals surface area (Å²) < 4.78 is 0. The van der Waals surface area contributed by atoms with E-state index in [1.807, 2.05) is 0 Å². The summed E-state index contributed by atoms with van der Waals surface area (Å²) in [5.41, 5.74) is 6.67. The van der Waals surface area contributed by atoms with Crippen molar-refractivity contribution >= 4 is 11.7 Å². The van der Waals surface area contributed by atoms with Gasteiger partial charge in [-0.2, -0.15) is 0 Å². The van der Waals surface area contributed by atoms with E-state index in [-0.39, 0.29) is 0 Å². The summed E-state index contributed by atoms with van der Waals surface area (Å²) >= 11 is 0. The fourth-order valence-electron chi connectivity index (χ4n) is 0.494. The number of amides is 1. The van der Waals surface area contributed by atoms with Crippen molar-refractivity contribution in [3.8, 4) is 0 Å². The number of amidine groups is 1. The van der Waals surface area contributed by atoms with Crippen LogP contribution in [0.1, 0.15) is 6.92 Å². The van der Waals surface area contributed by atoms with Gasteiger partial charge in [-0.1, -0.05) is 0 Å². The summed E-state index contributed by atoms with van der Waals surface area (Å²) in [4.78, 5) is 28.1.